The van der Waals surface area contributed by atoms with Gasteiger partial charge in [-0.15, -0.1) is 11.3 Å². The van der Waals surface area contributed by atoms with Crippen molar-refractivity contribution in [2.75, 3.05) is 25.7 Å². The monoisotopic (exact) mass is 400 g/mol. The van der Waals surface area contributed by atoms with E-state index in [1.54, 1.807) is 21.1 Å². The van der Waals surface area contributed by atoms with E-state index in [2.05, 4.69) is 27.6 Å². The second kappa shape index (κ2) is 9.38. The minimum atomic E-state index is -0.359. The van der Waals surface area contributed by atoms with Crippen molar-refractivity contribution in [2.45, 2.75) is 19.7 Å². The van der Waals surface area contributed by atoms with Gasteiger partial charge >= 0.3 is 0 Å². The highest BCUT2D eigenvalue weighted by Crippen LogP contribution is 2.29. The van der Waals surface area contributed by atoms with Crippen LogP contribution in [0.3, 0.4) is 0 Å². The summed E-state index contributed by atoms with van der Waals surface area (Å²) in [5.41, 5.74) is 1.79. The van der Waals surface area contributed by atoms with Crippen molar-refractivity contribution >= 4 is 27.9 Å². The number of hydrogen-bond acceptors (Lipinski definition) is 7. The average molecular weight is 401 g/mol. The molecule has 0 bridgehead atoms. The first-order valence-corrected chi connectivity index (χ1v) is 9.68. The lowest BCUT2D eigenvalue weighted by molar-refractivity contribution is 0.0940. The van der Waals surface area contributed by atoms with Gasteiger partial charge in [0.2, 0.25) is 6.35 Å². The fourth-order valence-corrected chi connectivity index (χ4v) is 3.69. The predicted molar refractivity (Wildman–Crippen MR) is 113 cm³/mol. The zero-order chi connectivity index (χ0) is 19.9. The van der Waals surface area contributed by atoms with E-state index >= 15 is 0 Å². The highest BCUT2D eigenvalue weighted by molar-refractivity contribution is 7.18. The molecule has 3 rings (SSSR count). The zero-order valence-corrected chi connectivity index (χ0v) is 16.9. The van der Waals surface area contributed by atoms with Crippen molar-refractivity contribution in [1.29, 1.82) is 0 Å². The van der Waals surface area contributed by atoms with Crippen LogP contribution in [0.5, 0.6) is 5.75 Å². The molecule has 1 aliphatic rings. The van der Waals surface area contributed by atoms with Crippen LogP contribution in [0, 0.1) is 0 Å². The molecule has 7 nitrogen and oxygen atoms in total. The summed E-state index contributed by atoms with van der Waals surface area (Å²) in [6.07, 6.45) is 4.36. The summed E-state index contributed by atoms with van der Waals surface area (Å²) in [6, 6.07) is 11.9. The first-order valence-electron chi connectivity index (χ1n) is 8.86. The summed E-state index contributed by atoms with van der Waals surface area (Å²) < 4.78 is 10.7. The molecule has 0 saturated heterocycles. The molecular formula is C20H24N4O3S. The van der Waals surface area contributed by atoms with E-state index in [4.69, 9.17) is 14.7 Å². The van der Waals surface area contributed by atoms with Crippen LogP contribution in [0.2, 0.25) is 0 Å². The third-order valence-corrected chi connectivity index (χ3v) is 5.54. The first kappa shape index (κ1) is 19.9. The van der Waals surface area contributed by atoms with Gasteiger partial charge in [-0.25, -0.2) is 0 Å². The molecule has 1 unspecified atom stereocenters. The maximum Gasteiger partial charge on any atom is 0.213 e. The summed E-state index contributed by atoms with van der Waals surface area (Å²) in [5.74, 6) is 1.63. The van der Waals surface area contributed by atoms with Crippen LogP contribution in [-0.2, 0) is 11.2 Å². The smallest absolute Gasteiger partial charge is 0.213 e. The lowest BCUT2D eigenvalue weighted by atomic mass is 10.1. The molecule has 28 heavy (non-hydrogen) atoms. The molecule has 0 spiro atoms. The van der Waals surface area contributed by atoms with Crippen LogP contribution >= 0.6 is 11.3 Å². The fraction of sp³-hybridized carbons (Fsp3) is 0.300. The number of benzene rings is 1. The van der Waals surface area contributed by atoms with E-state index in [1.807, 2.05) is 41.4 Å². The zero-order valence-electron chi connectivity index (χ0n) is 16.1. The minimum absolute atomic E-state index is 0.359. The van der Waals surface area contributed by atoms with Gasteiger partial charge in [-0.2, -0.15) is 0 Å². The lowest BCUT2D eigenvalue weighted by Gasteiger charge is -2.32. The Morgan fingerprint density at radius 2 is 2.00 bits per heavy atom. The van der Waals surface area contributed by atoms with Crippen molar-refractivity contribution in [3.05, 3.63) is 59.1 Å². The Kier molecular flexibility index (Phi) is 6.67. The number of thiophene rings is 1. The van der Waals surface area contributed by atoms with E-state index < -0.39 is 0 Å². The van der Waals surface area contributed by atoms with Gasteiger partial charge in [-0.3, -0.25) is 9.89 Å². The first-order chi connectivity index (χ1) is 13.6. The van der Waals surface area contributed by atoms with Crippen LogP contribution in [0.25, 0.3) is 0 Å². The molecule has 8 heteroatoms. The largest absolute Gasteiger partial charge is 0.497 e. The molecule has 0 aliphatic carbocycles. The van der Waals surface area contributed by atoms with Gasteiger partial charge in [0.1, 0.15) is 11.6 Å². The maximum absolute atomic E-state index is 8.94. The number of oxime groups is 1. The van der Waals surface area contributed by atoms with Crippen molar-refractivity contribution < 1.29 is 14.7 Å². The molecule has 1 aliphatic heterocycles. The van der Waals surface area contributed by atoms with Gasteiger partial charge in [-0.05, 0) is 49.2 Å². The van der Waals surface area contributed by atoms with Crippen molar-refractivity contribution in [2.24, 2.45) is 10.1 Å². The third-order valence-electron chi connectivity index (χ3n) is 4.33. The summed E-state index contributed by atoms with van der Waals surface area (Å²) in [6.45, 7) is 2.44. The lowest BCUT2D eigenvalue weighted by Crippen LogP contribution is -2.49. The summed E-state index contributed by atoms with van der Waals surface area (Å²) >= 11 is 1.52. The van der Waals surface area contributed by atoms with Crippen LogP contribution in [0.4, 0.5) is 5.00 Å². The van der Waals surface area contributed by atoms with Crippen molar-refractivity contribution in [1.82, 2.24) is 5.32 Å². The number of amidine groups is 1. The molecular weight excluding hydrogens is 376 g/mol. The number of rotatable bonds is 7. The fourth-order valence-electron chi connectivity index (χ4n) is 2.74. The Balaban J connectivity index is 1.64. The summed E-state index contributed by atoms with van der Waals surface area (Å²) in [5, 5.41) is 16.5. The molecule has 0 amide bonds. The second-order valence-electron chi connectivity index (χ2n) is 6.14. The molecule has 0 saturated carbocycles. The van der Waals surface area contributed by atoms with E-state index in [1.165, 1.54) is 16.9 Å². The maximum atomic E-state index is 8.94. The topological polar surface area (TPSA) is 78.7 Å². The predicted octanol–water partition coefficient (Wildman–Crippen LogP) is 3.45. The molecule has 1 aromatic carbocycles. The number of methoxy groups -OCH3 is 2. The molecule has 0 fully saturated rings. The summed E-state index contributed by atoms with van der Waals surface area (Å²) in [4.78, 5) is 7.50. The number of nitrogens with zero attached hydrogens (tertiary/aromatic N) is 3. The van der Waals surface area contributed by atoms with Crippen LogP contribution in [0.15, 0.2) is 58.8 Å². The molecule has 2 N–H and O–H groups in total. The van der Waals surface area contributed by atoms with Gasteiger partial charge < -0.3 is 20.0 Å². The van der Waals surface area contributed by atoms with Crippen LogP contribution in [-0.4, -0.2) is 43.9 Å². The van der Waals surface area contributed by atoms with Gasteiger partial charge in [0.05, 0.1) is 22.7 Å². The Morgan fingerprint density at radius 1 is 1.21 bits per heavy atom. The number of ether oxygens (including phenoxy) is 2. The van der Waals surface area contributed by atoms with E-state index in [-0.39, 0.29) is 6.35 Å². The number of anilines is 1. The van der Waals surface area contributed by atoms with Gasteiger partial charge in [0.25, 0.3) is 0 Å². The van der Waals surface area contributed by atoms with Crippen LogP contribution in [0.1, 0.15) is 17.4 Å². The second-order valence-corrected chi connectivity index (χ2v) is 7.21. The number of nitrogens with one attached hydrogen (secondary N) is 1. The quantitative estimate of drug-likeness (QED) is 0.423. The van der Waals surface area contributed by atoms with Crippen LogP contribution < -0.4 is 15.0 Å². The van der Waals surface area contributed by atoms with Gasteiger partial charge in [-0.1, -0.05) is 17.3 Å². The SMILES string of the molecule is COc1ccc(CCN=C2C=CN(c3ccc(C(C)=NO)s3)C(OC)N2)cc1. The number of hydrogen-bond donors (Lipinski definition) is 2. The van der Waals surface area contributed by atoms with Gasteiger partial charge in [0, 0.05) is 19.9 Å². The highest BCUT2D eigenvalue weighted by Gasteiger charge is 2.22. The molecule has 1 aromatic heterocycles. The molecule has 0 radical (unpaired) electrons. The van der Waals surface area contributed by atoms with E-state index in [0.29, 0.717) is 12.3 Å². The number of aliphatic imine (C=N–C) groups is 1. The molecule has 148 valence electrons. The average Bonchev–Trinajstić information content (AvgIpc) is 3.23. The van der Waals surface area contributed by atoms with Crippen molar-refractivity contribution in [3.63, 3.8) is 0 Å². The van der Waals surface area contributed by atoms with E-state index in [0.717, 1.165) is 27.9 Å². The van der Waals surface area contributed by atoms with Crippen molar-refractivity contribution in [3.8, 4) is 5.75 Å². The molecule has 2 aromatic rings. The Bertz CT molecular complexity index is 874. The Hall–Kier alpha value is -2.84. The molecule has 2 heterocycles. The standard InChI is InChI=1S/C20H24N4O3S/c1-14(23-25)17-8-9-19(28-17)24-13-11-18(22-20(24)27-3)21-12-10-15-4-6-16(26-2)7-5-15/h4-9,11,13,20,25H,10,12H2,1-3H3,(H,21,22). The highest BCUT2D eigenvalue weighted by atomic mass is 32.1. The Morgan fingerprint density at radius 3 is 2.68 bits per heavy atom. The summed E-state index contributed by atoms with van der Waals surface area (Å²) in [7, 11) is 3.31. The third kappa shape index (κ3) is 4.71. The minimum Gasteiger partial charge on any atom is -0.497 e. The Labute approximate surface area is 168 Å². The van der Waals surface area contributed by atoms with Gasteiger partial charge in [0.15, 0.2) is 0 Å². The van der Waals surface area contributed by atoms with E-state index in [9.17, 15) is 0 Å². The molecule has 1 atom stereocenters. The normalized spacial score (nSPS) is 18.4.